The molecule has 0 spiro atoms. The van der Waals surface area contributed by atoms with Gasteiger partial charge in [0.15, 0.2) is 17.3 Å². The molecule has 2 aliphatic rings. The van der Waals surface area contributed by atoms with Gasteiger partial charge < -0.3 is 24.1 Å². The summed E-state index contributed by atoms with van der Waals surface area (Å²) in [6.45, 7) is 2.11. The molecule has 27 heavy (non-hydrogen) atoms. The van der Waals surface area contributed by atoms with E-state index in [0.717, 1.165) is 36.4 Å². The minimum absolute atomic E-state index is 0.0344. The van der Waals surface area contributed by atoms with Crippen LogP contribution >= 0.6 is 0 Å². The number of hydrogen-bond donors (Lipinski definition) is 1. The Morgan fingerprint density at radius 2 is 2.00 bits per heavy atom. The Morgan fingerprint density at radius 1 is 1.15 bits per heavy atom. The largest absolute Gasteiger partial charge is 0.486 e. The molecule has 2 aliphatic heterocycles. The number of likely N-dealkylation sites (tertiary alicyclic amines) is 1. The van der Waals surface area contributed by atoms with E-state index in [9.17, 15) is 9.59 Å². The number of fused-ring (bicyclic) bond motifs is 1. The Bertz CT molecular complexity index is 818. The third-order valence-electron chi connectivity index (χ3n) is 4.89. The van der Waals surface area contributed by atoms with Crippen LogP contribution in [0.5, 0.6) is 11.5 Å². The van der Waals surface area contributed by atoms with Gasteiger partial charge in [0, 0.05) is 19.5 Å². The van der Waals surface area contributed by atoms with Gasteiger partial charge in [-0.15, -0.1) is 0 Å². The van der Waals surface area contributed by atoms with Gasteiger partial charge in [-0.1, -0.05) is 6.07 Å². The van der Waals surface area contributed by atoms with E-state index in [-0.39, 0.29) is 36.6 Å². The lowest BCUT2D eigenvalue weighted by Gasteiger charge is -2.27. The molecule has 0 unspecified atom stereocenters. The van der Waals surface area contributed by atoms with Crippen molar-refractivity contribution in [3.05, 3.63) is 47.9 Å². The molecule has 2 aromatic rings. The highest BCUT2D eigenvalue weighted by molar-refractivity contribution is 5.91. The van der Waals surface area contributed by atoms with Gasteiger partial charge in [0.05, 0.1) is 12.3 Å². The maximum absolute atomic E-state index is 12.7. The van der Waals surface area contributed by atoms with Crippen LogP contribution in [-0.4, -0.2) is 43.0 Å². The Morgan fingerprint density at radius 3 is 2.81 bits per heavy atom. The van der Waals surface area contributed by atoms with E-state index >= 15 is 0 Å². The van der Waals surface area contributed by atoms with E-state index in [1.54, 1.807) is 12.1 Å². The lowest BCUT2D eigenvalue weighted by molar-refractivity contribution is -0.132. The fourth-order valence-electron chi connectivity index (χ4n) is 3.60. The molecule has 1 fully saturated rings. The molecule has 3 heterocycles. The summed E-state index contributed by atoms with van der Waals surface area (Å²) in [5, 5.41) is 2.72. The summed E-state index contributed by atoms with van der Waals surface area (Å²) in [6.07, 6.45) is 3.59. The Balaban J connectivity index is 1.36. The highest BCUT2D eigenvalue weighted by Crippen LogP contribution is 2.38. The summed E-state index contributed by atoms with van der Waals surface area (Å²) in [6, 6.07) is 9.17. The first kappa shape index (κ1) is 17.5. The van der Waals surface area contributed by atoms with E-state index in [4.69, 9.17) is 13.9 Å². The minimum atomic E-state index is -0.308. The van der Waals surface area contributed by atoms with Gasteiger partial charge in [-0.05, 0) is 42.7 Å². The lowest BCUT2D eigenvalue weighted by Crippen LogP contribution is -2.34. The van der Waals surface area contributed by atoms with Crippen molar-refractivity contribution >= 4 is 11.8 Å². The predicted octanol–water partition coefficient (Wildman–Crippen LogP) is 2.53. The third-order valence-corrected chi connectivity index (χ3v) is 4.89. The van der Waals surface area contributed by atoms with E-state index < -0.39 is 0 Å². The van der Waals surface area contributed by atoms with Gasteiger partial charge in [-0.2, -0.15) is 0 Å². The molecular weight excluding hydrogens is 348 g/mol. The van der Waals surface area contributed by atoms with E-state index in [1.165, 1.54) is 6.26 Å². The standard InChI is InChI=1S/C20H22N2O5/c23-19(7-8-21-20(24)17-4-2-10-25-17)22-9-1-3-15(22)14-5-6-16-18(13-14)27-12-11-26-16/h2,4-6,10,13,15H,1,3,7-9,11-12H2,(H,21,24)/t15-/m1/s1. The molecule has 142 valence electrons. The molecular formula is C20H22N2O5. The zero-order valence-electron chi connectivity index (χ0n) is 15.0. The first-order valence-electron chi connectivity index (χ1n) is 9.23. The Labute approximate surface area is 157 Å². The molecule has 1 N–H and O–H groups in total. The molecule has 0 saturated carbocycles. The normalized spacial score (nSPS) is 18.4. The molecule has 4 rings (SSSR count). The summed E-state index contributed by atoms with van der Waals surface area (Å²) >= 11 is 0. The van der Waals surface area contributed by atoms with Gasteiger partial charge in [-0.25, -0.2) is 0 Å². The van der Waals surface area contributed by atoms with Crippen molar-refractivity contribution in [2.75, 3.05) is 26.3 Å². The Kier molecular flexibility index (Phi) is 5.00. The minimum Gasteiger partial charge on any atom is -0.486 e. The van der Waals surface area contributed by atoms with Gasteiger partial charge >= 0.3 is 0 Å². The summed E-state index contributed by atoms with van der Waals surface area (Å²) < 4.78 is 16.3. The number of carbonyl (C=O) groups is 2. The second kappa shape index (κ2) is 7.73. The number of amides is 2. The van der Waals surface area contributed by atoms with Gasteiger partial charge in [-0.3, -0.25) is 9.59 Å². The fraction of sp³-hybridized carbons (Fsp3) is 0.400. The van der Waals surface area contributed by atoms with Crippen LogP contribution in [0.25, 0.3) is 0 Å². The average Bonchev–Trinajstić information content (AvgIpc) is 3.39. The van der Waals surface area contributed by atoms with Crippen LogP contribution in [-0.2, 0) is 4.79 Å². The topological polar surface area (TPSA) is 81.0 Å². The predicted molar refractivity (Wildman–Crippen MR) is 96.8 cm³/mol. The maximum Gasteiger partial charge on any atom is 0.286 e. The maximum atomic E-state index is 12.7. The lowest BCUT2D eigenvalue weighted by atomic mass is 10.0. The molecule has 0 bridgehead atoms. The summed E-state index contributed by atoms with van der Waals surface area (Å²) in [5.41, 5.74) is 1.06. The van der Waals surface area contributed by atoms with Crippen LogP contribution in [0.3, 0.4) is 0 Å². The second-order valence-electron chi connectivity index (χ2n) is 6.63. The quantitative estimate of drug-likeness (QED) is 0.875. The molecule has 1 aromatic heterocycles. The van der Waals surface area contributed by atoms with Gasteiger partial charge in [0.25, 0.3) is 5.91 Å². The van der Waals surface area contributed by atoms with Crippen molar-refractivity contribution in [3.8, 4) is 11.5 Å². The number of nitrogens with zero attached hydrogens (tertiary/aromatic N) is 1. The molecule has 1 saturated heterocycles. The van der Waals surface area contributed by atoms with Crippen LogP contribution in [0.4, 0.5) is 0 Å². The smallest absolute Gasteiger partial charge is 0.286 e. The molecule has 1 aromatic carbocycles. The van der Waals surface area contributed by atoms with Crippen molar-refractivity contribution in [1.29, 1.82) is 0 Å². The SMILES string of the molecule is O=C(NCCC(=O)N1CCC[C@@H]1c1ccc2c(c1)OCCO2)c1ccco1. The average molecular weight is 370 g/mol. The van der Waals surface area contributed by atoms with Gasteiger partial charge in [0.1, 0.15) is 13.2 Å². The van der Waals surface area contributed by atoms with Crippen LogP contribution in [0, 0.1) is 0 Å². The summed E-state index contributed by atoms with van der Waals surface area (Å²) in [4.78, 5) is 26.4. The zero-order valence-corrected chi connectivity index (χ0v) is 15.0. The van der Waals surface area contributed by atoms with Crippen LogP contribution in [0.1, 0.15) is 41.4 Å². The van der Waals surface area contributed by atoms with Crippen LogP contribution in [0.2, 0.25) is 0 Å². The number of benzene rings is 1. The number of rotatable bonds is 5. The fourth-order valence-corrected chi connectivity index (χ4v) is 3.60. The van der Waals surface area contributed by atoms with E-state index in [1.807, 2.05) is 23.1 Å². The molecule has 7 heteroatoms. The van der Waals surface area contributed by atoms with Crippen molar-refractivity contribution in [3.63, 3.8) is 0 Å². The van der Waals surface area contributed by atoms with Crippen molar-refractivity contribution in [2.24, 2.45) is 0 Å². The van der Waals surface area contributed by atoms with Gasteiger partial charge in [0.2, 0.25) is 5.91 Å². The molecule has 7 nitrogen and oxygen atoms in total. The number of furan rings is 1. The Hall–Kier alpha value is -2.96. The van der Waals surface area contributed by atoms with Crippen LogP contribution in [0.15, 0.2) is 41.0 Å². The van der Waals surface area contributed by atoms with Crippen molar-refractivity contribution in [1.82, 2.24) is 10.2 Å². The van der Waals surface area contributed by atoms with Crippen molar-refractivity contribution < 1.29 is 23.5 Å². The summed E-state index contributed by atoms with van der Waals surface area (Å²) in [5.74, 6) is 1.47. The molecule has 2 amide bonds. The van der Waals surface area contributed by atoms with E-state index in [0.29, 0.717) is 13.2 Å². The third kappa shape index (κ3) is 3.77. The number of ether oxygens (including phenoxy) is 2. The highest BCUT2D eigenvalue weighted by Gasteiger charge is 2.30. The number of nitrogens with one attached hydrogen (secondary N) is 1. The molecule has 0 radical (unpaired) electrons. The van der Waals surface area contributed by atoms with Crippen LogP contribution < -0.4 is 14.8 Å². The highest BCUT2D eigenvalue weighted by atomic mass is 16.6. The number of carbonyl (C=O) groups excluding carboxylic acids is 2. The second-order valence-corrected chi connectivity index (χ2v) is 6.63. The first-order valence-corrected chi connectivity index (χ1v) is 9.23. The molecule has 0 aliphatic carbocycles. The zero-order chi connectivity index (χ0) is 18.6. The monoisotopic (exact) mass is 370 g/mol. The van der Waals surface area contributed by atoms with E-state index in [2.05, 4.69) is 5.32 Å². The molecule has 1 atom stereocenters. The van der Waals surface area contributed by atoms with Crippen molar-refractivity contribution in [2.45, 2.75) is 25.3 Å². The first-order chi connectivity index (χ1) is 13.2. The summed E-state index contributed by atoms with van der Waals surface area (Å²) in [7, 11) is 0. The number of hydrogen-bond acceptors (Lipinski definition) is 5.